The van der Waals surface area contributed by atoms with E-state index in [2.05, 4.69) is 34.2 Å². The van der Waals surface area contributed by atoms with Crippen molar-refractivity contribution < 1.29 is 14.0 Å². The third kappa shape index (κ3) is 7.62. The van der Waals surface area contributed by atoms with E-state index in [0.29, 0.717) is 17.8 Å². The summed E-state index contributed by atoms with van der Waals surface area (Å²) in [4.78, 5) is 28.6. The van der Waals surface area contributed by atoms with Crippen LogP contribution in [0, 0.1) is 5.82 Å². The monoisotopic (exact) mass is 464 g/mol. The summed E-state index contributed by atoms with van der Waals surface area (Å²) < 4.78 is 13.4. The summed E-state index contributed by atoms with van der Waals surface area (Å²) in [5.41, 5.74) is 4.57. The highest BCUT2D eigenvalue weighted by Crippen LogP contribution is 2.42. The van der Waals surface area contributed by atoms with Crippen molar-refractivity contribution in [2.24, 2.45) is 9.98 Å². The van der Waals surface area contributed by atoms with Crippen LogP contribution in [0.4, 0.5) is 15.1 Å². The number of nitrogens with one attached hydrogen (secondary N) is 2. The molecule has 0 saturated heterocycles. The summed E-state index contributed by atoms with van der Waals surface area (Å²) in [5, 5.41) is 8.01. The number of halogens is 1. The third-order valence-electron chi connectivity index (χ3n) is 4.17. The van der Waals surface area contributed by atoms with E-state index in [1.165, 1.54) is 29.5 Å². The SMILES string of the molecule is C=N/C(=N\c1scc(-c2ccccc2)c1NC)c1cccc(F)c1.CC(C)=CC(=O)NC=O. The van der Waals surface area contributed by atoms with Crippen LogP contribution in [0.3, 0.4) is 0 Å². The Morgan fingerprint density at radius 1 is 1.12 bits per heavy atom. The predicted octanol–water partition coefficient (Wildman–Crippen LogP) is 5.60. The number of aliphatic imine (C=N–C) groups is 2. The van der Waals surface area contributed by atoms with E-state index < -0.39 is 0 Å². The van der Waals surface area contributed by atoms with Gasteiger partial charge in [0.05, 0.1) is 5.69 Å². The van der Waals surface area contributed by atoms with Crippen LogP contribution in [0.1, 0.15) is 19.4 Å². The van der Waals surface area contributed by atoms with E-state index >= 15 is 0 Å². The van der Waals surface area contributed by atoms with Gasteiger partial charge in [0.2, 0.25) is 12.3 Å². The molecule has 3 rings (SSSR count). The number of hydrogen-bond acceptors (Lipinski definition) is 5. The first-order valence-electron chi connectivity index (χ1n) is 9.94. The number of nitrogens with zero attached hydrogens (tertiary/aromatic N) is 2. The lowest BCUT2D eigenvalue weighted by atomic mass is 10.1. The number of anilines is 1. The average molecular weight is 465 g/mol. The molecule has 0 aliphatic carbocycles. The van der Waals surface area contributed by atoms with Crippen LogP contribution < -0.4 is 10.6 Å². The molecule has 0 aliphatic heterocycles. The summed E-state index contributed by atoms with van der Waals surface area (Å²) >= 11 is 1.51. The summed E-state index contributed by atoms with van der Waals surface area (Å²) in [6.45, 7) is 7.13. The number of amidine groups is 1. The van der Waals surface area contributed by atoms with Gasteiger partial charge in [-0.05, 0) is 38.3 Å². The van der Waals surface area contributed by atoms with Crippen LogP contribution in [-0.2, 0) is 9.59 Å². The molecule has 0 atom stereocenters. The van der Waals surface area contributed by atoms with Gasteiger partial charge in [-0.3, -0.25) is 14.9 Å². The van der Waals surface area contributed by atoms with Gasteiger partial charge in [0.25, 0.3) is 0 Å². The highest BCUT2D eigenvalue weighted by molar-refractivity contribution is 7.15. The number of carbonyl (C=O) groups is 2. The van der Waals surface area contributed by atoms with Gasteiger partial charge >= 0.3 is 0 Å². The number of rotatable bonds is 6. The van der Waals surface area contributed by atoms with Gasteiger partial charge in [-0.2, -0.15) is 0 Å². The minimum absolute atomic E-state index is 0.325. The maximum atomic E-state index is 13.4. The Labute approximate surface area is 196 Å². The standard InChI is InChI=1S/C19H16FN3S.C6H9NO2/c1-21-17-16(13-7-4-3-5-8-13)12-24-19(17)23-18(22-2)14-9-6-10-15(20)11-14;1-5(2)3-6(9)7-4-8/h3-12,21H,2H2,1H3;3-4H,1-2H3,(H,7,8,9)/b23-18-;. The molecule has 2 amide bonds. The molecule has 170 valence electrons. The summed E-state index contributed by atoms with van der Waals surface area (Å²) in [6.07, 6.45) is 1.72. The van der Waals surface area contributed by atoms with Crippen molar-refractivity contribution >= 4 is 46.9 Å². The lowest BCUT2D eigenvalue weighted by Gasteiger charge is -2.06. The fourth-order valence-electron chi connectivity index (χ4n) is 2.78. The Bertz CT molecular complexity index is 1170. The molecular weight excluding hydrogens is 439 g/mol. The van der Waals surface area contributed by atoms with E-state index in [1.54, 1.807) is 26.0 Å². The largest absolute Gasteiger partial charge is 0.385 e. The molecular formula is C25H25FN4O2S. The molecule has 2 aromatic carbocycles. The fraction of sp³-hybridized carbons (Fsp3) is 0.120. The van der Waals surface area contributed by atoms with E-state index in [-0.39, 0.29) is 11.7 Å². The van der Waals surface area contributed by atoms with Gasteiger partial charge in [-0.15, -0.1) is 11.3 Å². The first-order valence-corrected chi connectivity index (χ1v) is 10.8. The zero-order chi connectivity index (χ0) is 24.2. The molecule has 33 heavy (non-hydrogen) atoms. The van der Waals surface area contributed by atoms with Gasteiger partial charge in [-0.1, -0.05) is 48.0 Å². The van der Waals surface area contributed by atoms with Crippen molar-refractivity contribution in [1.82, 2.24) is 5.32 Å². The van der Waals surface area contributed by atoms with Crippen molar-refractivity contribution in [3.63, 3.8) is 0 Å². The number of amides is 2. The number of imide groups is 1. The maximum absolute atomic E-state index is 13.4. The summed E-state index contributed by atoms with van der Waals surface area (Å²) in [7, 11) is 1.86. The summed E-state index contributed by atoms with van der Waals surface area (Å²) in [6, 6.07) is 16.3. The van der Waals surface area contributed by atoms with Gasteiger partial charge in [-0.25, -0.2) is 14.4 Å². The van der Waals surface area contributed by atoms with E-state index in [0.717, 1.165) is 27.4 Å². The fourth-order valence-corrected chi connectivity index (χ4v) is 3.73. The lowest BCUT2D eigenvalue weighted by Crippen LogP contribution is -2.18. The second kappa shape index (κ2) is 12.8. The highest BCUT2D eigenvalue weighted by atomic mass is 32.1. The molecule has 3 aromatic rings. The zero-order valence-electron chi connectivity index (χ0n) is 18.6. The minimum atomic E-state index is -0.370. The number of hydrogen-bond donors (Lipinski definition) is 2. The Hall–Kier alpha value is -3.91. The van der Waals surface area contributed by atoms with E-state index in [9.17, 15) is 14.0 Å². The van der Waals surface area contributed by atoms with Gasteiger partial charge < -0.3 is 5.32 Å². The Morgan fingerprint density at radius 2 is 1.85 bits per heavy atom. The summed E-state index contributed by atoms with van der Waals surface area (Å²) in [5.74, 6) is -0.300. The molecule has 8 heteroatoms. The molecule has 2 N–H and O–H groups in total. The van der Waals surface area contributed by atoms with Crippen molar-refractivity contribution in [3.8, 4) is 11.1 Å². The van der Waals surface area contributed by atoms with Crippen LogP contribution in [0.25, 0.3) is 11.1 Å². The Morgan fingerprint density at radius 3 is 2.42 bits per heavy atom. The molecule has 6 nitrogen and oxygen atoms in total. The first kappa shape index (κ1) is 25.4. The molecule has 0 aliphatic rings. The first-order chi connectivity index (χ1) is 15.9. The topological polar surface area (TPSA) is 82.9 Å². The van der Waals surface area contributed by atoms with Gasteiger partial charge in [0.1, 0.15) is 10.8 Å². The van der Waals surface area contributed by atoms with Crippen LogP contribution >= 0.6 is 11.3 Å². The normalized spacial score (nSPS) is 10.4. The smallest absolute Gasteiger partial charge is 0.250 e. The molecule has 0 spiro atoms. The van der Waals surface area contributed by atoms with E-state index in [1.807, 2.05) is 35.9 Å². The highest BCUT2D eigenvalue weighted by Gasteiger charge is 2.13. The van der Waals surface area contributed by atoms with Crippen molar-refractivity contribution in [2.45, 2.75) is 13.8 Å². The molecule has 1 aromatic heterocycles. The quantitative estimate of drug-likeness (QED) is 0.216. The van der Waals surface area contributed by atoms with Crippen LogP contribution in [0.5, 0.6) is 0 Å². The lowest BCUT2D eigenvalue weighted by molar-refractivity contribution is -0.121. The third-order valence-corrected chi connectivity index (χ3v) is 5.04. The van der Waals surface area contributed by atoms with Crippen LogP contribution in [0.2, 0.25) is 0 Å². The van der Waals surface area contributed by atoms with Gasteiger partial charge in [0, 0.05) is 29.6 Å². The number of carbonyl (C=O) groups excluding carboxylic acids is 2. The van der Waals surface area contributed by atoms with Crippen molar-refractivity contribution in [3.05, 3.63) is 83.0 Å². The predicted molar refractivity (Wildman–Crippen MR) is 135 cm³/mol. The number of benzene rings is 2. The van der Waals surface area contributed by atoms with Crippen LogP contribution in [0.15, 0.2) is 81.6 Å². The van der Waals surface area contributed by atoms with Crippen molar-refractivity contribution in [2.75, 3.05) is 12.4 Å². The maximum Gasteiger partial charge on any atom is 0.250 e. The second-order valence-corrected chi connectivity index (χ2v) is 7.76. The molecule has 0 bridgehead atoms. The minimum Gasteiger partial charge on any atom is -0.385 e. The van der Waals surface area contributed by atoms with Crippen LogP contribution in [-0.4, -0.2) is 31.9 Å². The van der Waals surface area contributed by atoms with Gasteiger partial charge in [0.15, 0.2) is 5.84 Å². The molecule has 1 heterocycles. The molecule has 0 fully saturated rings. The molecule has 0 unspecified atom stereocenters. The molecule has 0 saturated carbocycles. The Kier molecular flexibility index (Phi) is 9.85. The number of allylic oxidation sites excluding steroid dienone is 1. The van der Waals surface area contributed by atoms with E-state index in [4.69, 9.17) is 0 Å². The average Bonchev–Trinajstić information content (AvgIpc) is 3.20. The van der Waals surface area contributed by atoms with Crippen molar-refractivity contribution in [1.29, 1.82) is 0 Å². The zero-order valence-corrected chi connectivity index (χ0v) is 19.4. The molecule has 0 radical (unpaired) electrons. The second-order valence-electron chi connectivity index (χ2n) is 6.90. The number of thiophene rings is 1. The Balaban J connectivity index is 0.000000365.